The summed E-state index contributed by atoms with van der Waals surface area (Å²) >= 11 is 0. The van der Waals surface area contributed by atoms with E-state index < -0.39 is 6.04 Å². The molecular weight excluding hydrogens is 323 g/mol. The minimum atomic E-state index is -0.838. The van der Waals surface area contributed by atoms with Crippen LogP contribution in [0.15, 0.2) is 54.6 Å². The van der Waals surface area contributed by atoms with E-state index in [1.54, 1.807) is 36.4 Å². The van der Waals surface area contributed by atoms with E-state index in [-0.39, 0.29) is 37.3 Å². The number of halogens is 1. The zero-order chi connectivity index (χ0) is 18.2. The average molecular weight is 344 g/mol. The topological polar surface area (TPSA) is 69.6 Å². The van der Waals surface area contributed by atoms with Gasteiger partial charge in [-0.25, -0.2) is 4.39 Å². The Morgan fingerprint density at radius 2 is 1.76 bits per heavy atom. The third-order valence-corrected chi connectivity index (χ3v) is 3.76. The summed E-state index contributed by atoms with van der Waals surface area (Å²) in [7, 11) is 0. The Hall–Kier alpha value is -2.73. The number of nitrogens with one attached hydrogen (secondary N) is 1. The number of carbonyl (C=O) groups is 2. The van der Waals surface area contributed by atoms with Crippen LogP contribution in [-0.2, 0) is 16.1 Å². The summed E-state index contributed by atoms with van der Waals surface area (Å²) in [4.78, 5) is 26.3. The number of amides is 2. The number of benzene rings is 2. The molecule has 25 heavy (non-hydrogen) atoms. The first-order valence-corrected chi connectivity index (χ1v) is 7.98. The summed E-state index contributed by atoms with van der Waals surface area (Å²) in [5.41, 5.74) is 1.38. The smallest absolute Gasteiger partial charge is 0.247 e. The van der Waals surface area contributed by atoms with E-state index in [4.69, 9.17) is 5.11 Å². The first-order chi connectivity index (χ1) is 12.0. The van der Waals surface area contributed by atoms with Crippen LogP contribution in [0.1, 0.15) is 24.1 Å². The second-order valence-corrected chi connectivity index (χ2v) is 5.60. The molecule has 2 aromatic rings. The van der Waals surface area contributed by atoms with Crippen molar-refractivity contribution in [1.29, 1.82) is 0 Å². The summed E-state index contributed by atoms with van der Waals surface area (Å²) in [6.45, 7) is 1.47. The van der Waals surface area contributed by atoms with Gasteiger partial charge in [-0.3, -0.25) is 9.59 Å². The van der Waals surface area contributed by atoms with Crippen molar-refractivity contribution in [3.05, 3.63) is 71.5 Å². The van der Waals surface area contributed by atoms with Gasteiger partial charge in [0.1, 0.15) is 11.9 Å². The van der Waals surface area contributed by atoms with Gasteiger partial charge >= 0.3 is 0 Å². The number of aliphatic hydroxyl groups is 1. The molecule has 0 bridgehead atoms. The molecule has 1 atom stereocenters. The van der Waals surface area contributed by atoms with Crippen molar-refractivity contribution in [3.8, 4) is 0 Å². The van der Waals surface area contributed by atoms with Crippen LogP contribution in [0.4, 0.5) is 4.39 Å². The normalized spacial score (nSPS) is 11.6. The fourth-order valence-electron chi connectivity index (χ4n) is 2.55. The number of hydrogen-bond acceptors (Lipinski definition) is 3. The Balaban J connectivity index is 2.34. The third-order valence-electron chi connectivity index (χ3n) is 3.76. The molecule has 0 aliphatic carbocycles. The lowest BCUT2D eigenvalue weighted by atomic mass is 10.0. The van der Waals surface area contributed by atoms with Crippen molar-refractivity contribution in [2.45, 2.75) is 19.5 Å². The standard InChI is InChI=1S/C19H21FN2O3/c1-14(24)22(13-15-7-9-17(20)10-8-15)18(19(25)21-11-12-23)16-5-3-2-4-6-16/h2-10,18,23H,11-13H2,1H3,(H,21,25)/t18-/m0/s1. The van der Waals surface area contributed by atoms with Gasteiger partial charge < -0.3 is 15.3 Å². The Morgan fingerprint density at radius 3 is 2.32 bits per heavy atom. The lowest BCUT2D eigenvalue weighted by Gasteiger charge is -2.30. The minimum absolute atomic E-state index is 0.102. The predicted octanol–water partition coefficient (Wildman–Crippen LogP) is 2.02. The second-order valence-electron chi connectivity index (χ2n) is 5.60. The molecule has 0 aromatic heterocycles. The van der Waals surface area contributed by atoms with Gasteiger partial charge in [0.15, 0.2) is 0 Å². The molecule has 0 radical (unpaired) electrons. The van der Waals surface area contributed by atoms with Crippen LogP contribution in [0.3, 0.4) is 0 Å². The second kappa shape index (κ2) is 8.94. The van der Waals surface area contributed by atoms with Gasteiger partial charge in [-0.1, -0.05) is 42.5 Å². The van der Waals surface area contributed by atoms with Gasteiger partial charge in [0.05, 0.1) is 6.61 Å². The minimum Gasteiger partial charge on any atom is -0.395 e. The molecule has 2 N–H and O–H groups in total. The molecule has 0 aliphatic rings. The fourth-order valence-corrected chi connectivity index (χ4v) is 2.55. The molecule has 0 fully saturated rings. The van der Waals surface area contributed by atoms with Gasteiger partial charge in [0.25, 0.3) is 0 Å². The first kappa shape index (κ1) is 18.6. The molecule has 6 heteroatoms. The summed E-state index contributed by atoms with van der Waals surface area (Å²) in [6.07, 6.45) is 0. The molecule has 0 unspecified atom stereocenters. The SMILES string of the molecule is CC(=O)N(Cc1ccc(F)cc1)[C@H](C(=O)NCCO)c1ccccc1. The molecule has 5 nitrogen and oxygen atoms in total. The van der Waals surface area contributed by atoms with Crippen LogP contribution in [0.5, 0.6) is 0 Å². The molecule has 2 aromatic carbocycles. The predicted molar refractivity (Wildman–Crippen MR) is 91.9 cm³/mol. The van der Waals surface area contributed by atoms with E-state index in [2.05, 4.69) is 5.32 Å². The van der Waals surface area contributed by atoms with Crippen LogP contribution >= 0.6 is 0 Å². The summed E-state index contributed by atoms with van der Waals surface area (Å²) < 4.78 is 13.1. The Morgan fingerprint density at radius 1 is 1.12 bits per heavy atom. The molecule has 0 heterocycles. The van der Waals surface area contributed by atoms with Crippen molar-refractivity contribution in [3.63, 3.8) is 0 Å². The lowest BCUT2D eigenvalue weighted by Crippen LogP contribution is -2.43. The summed E-state index contributed by atoms with van der Waals surface area (Å²) in [5, 5.41) is 11.6. The number of aliphatic hydroxyl groups excluding tert-OH is 1. The number of nitrogens with zero attached hydrogens (tertiary/aromatic N) is 1. The van der Waals surface area contributed by atoms with Crippen LogP contribution in [0.25, 0.3) is 0 Å². The molecular formula is C19H21FN2O3. The number of rotatable bonds is 7. The van der Waals surface area contributed by atoms with Crippen molar-refractivity contribution in [2.75, 3.05) is 13.2 Å². The van der Waals surface area contributed by atoms with E-state index in [9.17, 15) is 14.0 Å². The van der Waals surface area contributed by atoms with Crippen LogP contribution < -0.4 is 5.32 Å². The lowest BCUT2D eigenvalue weighted by molar-refractivity contribution is -0.140. The maximum atomic E-state index is 13.1. The third kappa shape index (κ3) is 5.12. The Labute approximate surface area is 146 Å². The van der Waals surface area contributed by atoms with Crippen molar-refractivity contribution in [1.82, 2.24) is 10.2 Å². The molecule has 0 saturated heterocycles. The van der Waals surface area contributed by atoms with Crippen molar-refractivity contribution < 1.29 is 19.1 Å². The van der Waals surface area contributed by atoms with Gasteiger partial charge in [-0.2, -0.15) is 0 Å². The molecule has 0 spiro atoms. The molecule has 0 saturated carbocycles. The average Bonchev–Trinajstić information content (AvgIpc) is 2.62. The molecule has 132 valence electrons. The quantitative estimate of drug-likeness (QED) is 0.807. The van der Waals surface area contributed by atoms with Crippen molar-refractivity contribution in [2.24, 2.45) is 0 Å². The Bertz CT molecular complexity index is 704. The van der Waals surface area contributed by atoms with E-state index in [1.165, 1.54) is 24.0 Å². The van der Waals surface area contributed by atoms with E-state index >= 15 is 0 Å². The zero-order valence-corrected chi connectivity index (χ0v) is 14.0. The highest BCUT2D eigenvalue weighted by atomic mass is 19.1. The fraction of sp³-hybridized carbons (Fsp3) is 0.263. The van der Waals surface area contributed by atoms with Gasteiger partial charge in [-0.15, -0.1) is 0 Å². The molecule has 2 amide bonds. The van der Waals surface area contributed by atoms with Gasteiger partial charge in [0.2, 0.25) is 11.8 Å². The van der Waals surface area contributed by atoms with Crippen molar-refractivity contribution >= 4 is 11.8 Å². The maximum absolute atomic E-state index is 13.1. The van der Waals surface area contributed by atoms with Crippen LogP contribution in [0, 0.1) is 5.82 Å². The van der Waals surface area contributed by atoms with Gasteiger partial charge in [-0.05, 0) is 23.3 Å². The highest BCUT2D eigenvalue weighted by molar-refractivity contribution is 5.88. The maximum Gasteiger partial charge on any atom is 0.247 e. The molecule has 0 aliphatic heterocycles. The molecule has 2 rings (SSSR count). The van der Waals surface area contributed by atoms with Crippen LogP contribution in [0.2, 0.25) is 0 Å². The van der Waals surface area contributed by atoms with E-state index in [0.717, 1.165) is 0 Å². The first-order valence-electron chi connectivity index (χ1n) is 7.98. The Kier molecular flexibility index (Phi) is 6.65. The van der Waals surface area contributed by atoms with Crippen LogP contribution in [-0.4, -0.2) is 35.0 Å². The number of carbonyl (C=O) groups excluding carboxylic acids is 2. The summed E-state index contributed by atoms with van der Waals surface area (Å²) in [5.74, 6) is -1.02. The highest BCUT2D eigenvalue weighted by Crippen LogP contribution is 2.23. The van der Waals surface area contributed by atoms with Gasteiger partial charge in [0, 0.05) is 20.0 Å². The summed E-state index contributed by atoms with van der Waals surface area (Å²) in [6, 6.07) is 13.9. The zero-order valence-electron chi connectivity index (χ0n) is 14.0. The van der Waals surface area contributed by atoms with E-state index in [0.29, 0.717) is 11.1 Å². The number of hydrogen-bond donors (Lipinski definition) is 2. The largest absolute Gasteiger partial charge is 0.395 e. The highest BCUT2D eigenvalue weighted by Gasteiger charge is 2.29. The van der Waals surface area contributed by atoms with E-state index in [1.807, 2.05) is 6.07 Å². The monoisotopic (exact) mass is 344 g/mol.